The van der Waals surface area contributed by atoms with Crippen LogP contribution >= 0.6 is 11.6 Å². The Morgan fingerprint density at radius 2 is 2.00 bits per heavy atom. The monoisotopic (exact) mass is 593 g/mol. The largest absolute Gasteiger partial charge is 0.497 e. The number of nitrogens with one attached hydrogen (secondary N) is 2. The molecule has 4 aromatic rings. The van der Waals surface area contributed by atoms with Crippen LogP contribution < -0.4 is 15.4 Å². The first-order valence-electron chi connectivity index (χ1n) is 13.1. The number of hydrogen-bond acceptors (Lipinski definition) is 8. The predicted octanol–water partition coefficient (Wildman–Crippen LogP) is 3.92. The molecule has 0 unspecified atom stereocenters. The molecule has 0 bridgehead atoms. The average molecular weight is 594 g/mol. The first-order chi connectivity index (χ1) is 20.1. The minimum absolute atomic E-state index is 0.213. The van der Waals surface area contributed by atoms with E-state index < -0.39 is 30.4 Å². The van der Waals surface area contributed by atoms with E-state index in [1.807, 2.05) is 24.6 Å². The number of aryl methyl sites for hydroxylation is 1. The number of halogens is 2. The Kier molecular flexibility index (Phi) is 8.10. The Hall–Kier alpha value is -4.55. The summed E-state index contributed by atoms with van der Waals surface area (Å²) in [5.41, 5.74) is 2.55. The standard InChI is InChI=1S/C29H29ClFN7O4/c1-15(27(40)34-24(14-39)19-7-20(31)10-21(8-19)42-4)38-13-18-6-5-17(9-22(18)28(38)41)26-23(30)11-33-29(36-26)35-25-12-32-16(2)37(25)3/h5-12,15,24,39H,13-14H2,1-4H3,(H,34,40)(H,33,35,36)/t15-,24-/m1/s1. The number of fused-ring (bicyclic) bond motifs is 1. The fourth-order valence-corrected chi connectivity index (χ4v) is 4.92. The van der Waals surface area contributed by atoms with Gasteiger partial charge in [0.05, 0.1) is 42.9 Å². The number of anilines is 2. The minimum Gasteiger partial charge on any atom is -0.497 e. The number of imidazole rings is 1. The van der Waals surface area contributed by atoms with Crippen LogP contribution in [-0.2, 0) is 18.4 Å². The Morgan fingerprint density at radius 3 is 2.69 bits per heavy atom. The second-order valence-electron chi connectivity index (χ2n) is 9.91. The van der Waals surface area contributed by atoms with E-state index in [2.05, 4.69) is 25.6 Å². The number of amides is 2. The Bertz CT molecular complexity index is 1680. The fourth-order valence-electron chi connectivity index (χ4n) is 4.72. The molecule has 0 saturated heterocycles. The van der Waals surface area contributed by atoms with Gasteiger partial charge in [-0.15, -0.1) is 0 Å². The number of aliphatic hydroxyl groups is 1. The van der Waals surface area contributed by atoms with Crippen LogP contribution in [0.25, 0.3) is 11.3 Å². The molecule has 0 aliphatic carbocycles. The lowest BCUT2D eigenvalue weighted by Gasteiger charge is -2.26. The molecular formula is C29H29ClFN7O4. The Labute approximate surface area is 246 Å². The first-order valence-corrected chi connectivity index (χ1v) is 13.4. The number of carbonyl (C=O) groups is 2. The van der Waals surface area contributed by atoms with Gasteiger partial charge >= 0.3 is 0 Å². The zero-order valence-corrected chi connectivity index (χ0v) is 24.1. The summed E-state index contributed by atoms with van der Waals surface area (Å²) < 4.78 is 21.0. The molecule has 3 N–H and O–H groups in total. The number of aliphatic hydroxyl groups excluding tert-OH is 1. The van der Waals surface area contributed by atoms with Gasteiger partial charge in [-0.05, 0) is 43.2 Å². The molecule has 2 atom stereocenters. The summed E-state index contributed by atoms with van der Waals surface area (Å²) >= 11 is 6.45. The summed E-state index contributed by atoms with van der Waals surface area (Å²) in [6.45, 7) is 3.21. The van der Waals surface area contributed by atoms with E-state index in [0.29, 0.717) is 39.2 Å². The predicted molar refractivity (Wildman–Crippen MR) is 154 cm³/mol. The van der Waals surface area contributed by atoms with E-state index in [0.717, 1.165) is 11.4 Å². The molecule has 0 radical (unpaired) electrons. The van der Waals surface area contributed by atoms with Crippen LogP contribution in [0.3, 0.4) is 0 Å². The van der Waals surface area contributed by atoms with E-state index in [1.165, 1.54) is 36.4 Å². The summed E-state index contributed by atoms with van der Waals surface area (Å²) in [5, 5.41) is 16.1. The van der Waals surface area contributed by atoms with Crippen molar-refractivity contribution in [2.24, 2.45) is 7.05 Å². The second-order valence-corrected chi connectivity index (χ2v) is 10.3. The van der Waals surface area contributed by atoms with Gasteiger partial charge in [-0.1, -0.05) is 23.7 Å². The Balaban J connectivity index is 1.33. The molecule has 11 nitrogen and oxygen atoms in total. The lowest BCUT2D eigenvalue weighted by Crippen LogP contribution is -2.46. The zero-order chi connectivity index (χ0) is 30.1. The van der Waals surface area contributed by atoms with Crippen LogP contribution in [0.2, 0.25) is 5.02 Å². The van der Waals surface area contributed by atoms with Gasteiger partial charge in [0.1, 0.15) is 29.3 Å². The zero-order valence-electron chi connectivity index (χ0n) is 23.4. The quantitative estimate of drug-likeness (QED) is 0.266. The van der Waals surface area contributed by atoms with Crippen LogP contribution in [0.4, 0.5) is 16.2 Å². The van der Waals surface area contributed by atoms with E-state index in [-0.39, 0.29) is 18.2 Å². The summed E-state index contributed by atoms with van der Waals surface area (Å²) in [6, 6.07) is 7.49. The van der Waals surface area contributed by atoms with Crippen molar-refractivity contribution in [1.82, 2.24) is 29.7 Å². The third kappa shape index (κ3) is 5.63. The molecule has 2 amide bonds. The number of rotatable bonds is 9. The van der Waals surface area contributed by atoms with Crippen molar-refractivity contribution < 1.29 is 23.8 Å². The number of benzene rings is 2. The number of carbonyl (C=O) groups excluding carboxylic acids is 2. The van der Waals surface area contributed by atoms with E-state index in [9.17, 15) is 19.1 Å². The van der Waals surface area contributed by atoms with E-state index >= 15 is 0 Å². The first kappa shape index (κ1) is 29.0. The van der Waals surface area contributed by atoms with Crippen LogP contribution in [0.5, 0.6) is 5.75 Å². The molecule has 1 aliphatic heterocycles. The van der Waals surface area contributed by atoms with Crippen molar-refractivity contribution in [3.63, 3.8) is 0 Å². The molecule has 2 aromatic heterocycles. The Morgan fingerprint density at radius 1 is 1.21 bits per heavy atom. The molecule has 5 rings (SSSR count). The highest BCUT2D eigenvalue weighted by atomic mass is 35.5. The second kappa shape index (κ2) is 11.7. The smallest absolute Gasteiger partial charge is 0.255 e. The van der Waals surface area contributed by atoms with E-state index in [1.54, 1.807) is 25.3 Å². The molecule has 1 aliphatic rings. The van der Waals surface area contributed by atoms with Crippen LogP contribution in [-0.4, -0.2) is 61.1 Å². The van der Waals surface area contributed by atoms with Gasteiger partial charge in [-0.3, -0.25) is 9.59 Å². The maximum atomic E-state index is 14.0. The SMILES string of the molecule is COc1cc(F)cc([C@@H](CO)NC(=O)[C@@H](C)N2Cc3ccc(-c4nc(Nc5cnc(C)n5C)ncc4Cl)cc3C2=O)c1. The molecule has 0 saturated carbocycles. The van der Waals surface area contributed by atoms with Crippen LogP contribution in [0, 0.1) is 12.7 Å². The van der Waals surface area contributed by atoms with Gasteiger partial charge in [0.25, 0.3) is 5.91 Å². The summed E-state index contributed by atoms with van der Waals surface area (Å²) in [5.74, 6) is 0.681. The van der Waals surface area contributed by atoms with Gasteiger partial charge in [0, 0.05) is 30.8 Å². The highest BCUT2D eigenvalue weighted by Crippen LogP contribution is 2.33. The third-order valence-electron chi connectivity index (χ3n) is 7.30. The summed E-state index contributed by atoms with van der Waals surface area (Å²) in [4.78, 5) is 41.1. The van der Waals surface area contributed by atoms with Gasteiger partial charge in [-0.25, -0.2) is 19.3 Å². The molecule has 42 heavy (non-hydrogen) atoms. The van der Waals surface area contributed by atoms with Crippen molar-refractivity contribution >= 4 is 35.2 Å². The molecule has 2 aromatic carbocycles. The van der Waals surface area contributed by atoms with Gasteiger partial charge in [0.2, 0.25) is 11.9 Å². The molecule has 0 fully saturated rings. The lowest BCUT2D eigenvalue weighted by molar-refractivity contribution is -0.126. The van der Waals surface area contributed by atoms with Crippen molar-refractivity contribution in [3.8, 4) is 17.0 Å². The highest BCUT2D eigenvalue weighted by molar-refractivity contribution is 6.33. The number of methoxy groups -OCH3 is 1. The molecule has 3 heterocycles. The lowest BCUT2D eigenvalue weighted by atomic mass is 10.0. The topological polar surface area (TPSA) is 134 Å². The van der Waals surface area contributed by atoms with E-state index in [4.69, 9.17) is 16.3 Å². The normalized spacial score (nSPS) is 14.0. The van der Waals surface area contributed by atoms with Gasteiger partial charge in [0.15, 0.2) is 0 Å². The molecule has 0 spiro atoms. The van der Waals surface area contributed by atoms with Crippen LogP contribution in [0.15, 0.2) is 48.8 Å². The number of hydrogen-bond donors (Lipinski definition) is 3. The average Bonchev–Trinajstić information content (AvgIpc) is 3.48. The van der Waals surface area contributed by atoms with Crippen molar-refractivity contribution in [1.29, 1.82) is 0 Å². The van der Waals surface area contributed by atoms with Gasteiger partial charge in [-0.2, -0.15) is 0 Å². The number of aromatic nitrogens is 4. The summed E-state index contributed by atoms with van der Waals surface area (Å²) in [7, 11) is 3.26. The van der Waals surface area contributed by atoms with Gasteiger partial charge < -0.3 is 29.9 Å². The highest BCUT2D eigenvalue weighted by Gasteiger charge is 2.35. The van der Waals surface area contributed by atoms with Crippen molar-refractivity contribution in [3.05, 3.63) is 82.1 Å². The van der Waals surface area contributed by atoms with Crippen molar-refractivity contribution in [2.45, 2.75) is 32.5 Å². The minimum atomic E-state index is -0.894. The number of nitrogens with zero attached hydrogens (tertiary/aromatic N) is 5. The van der Waals surface area contributed by atoms with Crippen molar-refractivity contribution in [2.75, 3.05) is 19.0 Å². The molecular weight excluding hydrogens is 565 g/mol. The number of ether oxygens (including phenoxy) is 1. The maximum Gasteiger partial charge on any atom is 0.255 e. The third-order valence-corrected chi connectivity index (χ3v) is 7.57. The van der Waals surface area contributed by atoms with Crippen LogP contribution in [0.1, 0.15) is 40.3 Å². The maximum absolute atomic E-state index is 14.0. The molecule has 13 heteroatoms. The summed E-state index contributed by atoms with van der Waals surface area (Å²) in [6.07, 6.45) is 3.15. The molecule has 218 valence electrons. The fraction of sp³-hybridized carbons (Fsp3) is 0.276.